The van der Waals surface area contributed by atoms with Gasteiger partial charge in [0.05, 0.1) is 6.61 Å². The highest BCUT2D eigenvalue weighted by Gasteiger charge is 2.15. The van der Waals surface area contributed by atoms with Crippen LogP contribution in [0.3, 0.4) is 0 Å². The van der Waals surface area contributed by atoms with E-state index in [9.17, 15) is 4.79 Å². The zero-order chi connectivity index (χ0) is 12.0. The summed E-state index contributed by atoms with van der Waals surface area (Å²) in [6.07, 6.45) is 0.836. The van der Waals surface area contributed by atoms with E-state index >= 15 is 0 Å². The Hall–Kier alpha value is -1.16. The molecule has 3 nitrogen and oxygen atoms in total. The largest absolute Gasteiger partial charge is 0.508 e. The molecule has 4 heteroatoms. The Kier molecular flexibility index (Phi) is 5.19. The number of phenols is 1. The van der Waals surface area contributed by atoms with Crippen LogP contribution < -0.4 is 0 Å². The molecular formula is C12H16O3S. The van der Waals surface area contributed by atoms with Crippen molar-refractivity contribution in [2.24, 2.45) is 0 Å². The van der Waals surface area contributed by atoms with E-state index in [1.165, 1.54) is 11.8 Å². The molecule has 0 fully saturated rings. The van der Waals surface area contributed by atoms with E-state index in [1.54, 1.807) is 24.3 Å². The fraction of sp³-hybridized carbons (Fsp3) is 0.417. The second kappa shape index (κ2) is 6.43. The number of esters is 1. The lowest BCUT2D eigenvalue weighted by molar-refractivity contribution is -0.142. The van der Waals surface area contributed by atoms with Crippen molar-refractivity contribution in [1.29, 1.82) is 0 Å². The van der Waals surface area contributed by atoms with Gasteiger partial charge in [0.25, 0.3) is 0 Å². The van der Waals surface area contributed by atoms with Gasteiger partial charge in [0.1, 0.15) is 11.0 Å². The quantitative estimate of drug-likeness (QED) is 0.635. The van der Waals surface area contributed by atoms with Gasteiger partial charge in [-0.05, 0) is 37.6 Å². The van der Waals surface area contributed by atoms with Gasteiger partial charge >= 0.3 is 5.97 Å². The summed E-state index contributed by atoms with van der Waals surface area (Å²) in [6, 6.07) is 6.77. The smallest absolute Gasteiger partial charge is 0.319 e. The van der Waals surface area contributed by atoms with Crippen LogP contribution >= 0.6 is 11.8 Å². The topological polar surface area (TPSA) is 46.5 Å². The molecule has 1 unspecified atom stereocenters. The molecule has 0 aliphatic rings. The molecule has 0 saturated carbocycles. The van der Waals surface area contributed by atoms with Gasteiger partial charge in [-0.25, -0.2) is 0 Å². The van der Waals surface area contributed by atoms with Crippen molar-refractivity contribution in [1.82, 2.24) is 0 Å². The summed E-state index contributed by atoms with van der Waals surface area (Å²) in [7, 11) is 0. The van der Waals surface area contributed by atoms with Gasteiger partial charge in [-0.3, -0.25) is 4.79 Å². The van der Waals surface area contributed by atoms with Crippen LogP contribution in [0.25, 0.3) is 0 Å². The lowest BCUT2D eigenvalue weighted by Gasteiger charge is -2.10. The van der Waals surface area contributed by atoms with Gasteiger partial charge in [0.15, 0.2) is 0 Å². The van der Waals surface area contributed by atoms with Crippen molar-refractivity contribution in [2.45, 2.75) is 30.4 Å². The summed E-state index contributed by atoms with van der Waals surface area (Å²) in [6.45, 7) is 4.25. The highest BCUT2D eigenvalue weighted by Crippen LogP contribution is 2.25. The SMILES string of the molecule is CCCOC(=O)C(C)Sc1ccc(O)cc1. The summed E-state index contributed by atoms with van der Waals surface area (Å²) in [5.41, 5.74) is 0. The maximum atomic E-state index is 11.5. The van der Waals surface area contributed by atoms with Crippen LogP contribution in [0.4, 0.5) is 0 Å². The Bertz CT molecular complexity index is 335. The molecule has 1 atom stereocenters. The molecule has 88 valence electrons. The Morgan fingerprint density at radius 1 is 1.44 bits per heavy atom. The summed E-state index contributed by atoms with van der Waals surface area (Å²) in [5, 5.41) is 8.89. The first-order chi connectivity index (χ1) is 7.63. The van der Waals surface area contributed by atoms with Crippen LogP contribution in [0.15, 0.2) is 29.2 Å². The number of phenolic OH excluding ortho intramolecular Hbond substituents is 1. The monoisotopic (exact) mass is 240 g/mol. The minimum absolute atomic E-state index is 0.195. The third-order valence-electron chi connectivity index (χ3n) is 1.93. The first kappa shape index (κ1) is 12.9. The van der Waals surface area contributed by atoms with Crippen molar-refractivity contribution in [3.8, 4) is 5.75 Å². The Morgan fingerprint density at radius 3 is 2.62 bits per heavy atom. The van der Waals surface area contributed by atoms with Crippen molar-refractivity contribution in [2.75, 3.05) is 6.61 Å². The maximum Gasteiger partial charge on any atom is 0.319 e. The van der Waals surface area contributed by atoms with Crippen molar-refractivity contribution in [3.05, 3.63) is 24.3 Å². The minimum Gasteiger partial charge on any atom is -0.508 e. The molecule has 0 aromatic heterocycles. The highest BCUT2D eigenvalue weighted by atomic mass is 32.2. The molecule has 1 aromatic carbocycles. The third-order valence-corrected chi connectivity index (χ3v) is 3.02. The maximum absolute atomic E-state index is 11.5. The first-order valence-corrected chi connectivity index (χ1v) is 6.13. The molecule has 0 aliphatic heterocycles. The molecular weight excluding hydrogens is 224 g/mol. The molecule has 1 rings (SSSR count). The minimum atomic E-state index is -0.226. The molecule has 0 bridgehead atoms. The van der Waals surface area contributed by atoms with E-state index in [4.69, 9.17) is 9.84 Å². The molecule has 0 amide bonds. The number of hydrogen-bond acceptors (Lipinski definition) is 4. The average molecular weight is 240 g/mol. The second-order valence-electron chi connectivity index (χ2n) is 3.42. The number of thioether (sulfide) groups is 1. The van der Waals surface area contributed by atoms with E-state index in [0.717, 1.165) is 11.3 Å². The normalized spacial score (nSPS) is 12.1. The Labute approximate surface area is 99.8 Å². The number of hydrogen-bond donors (Lipinski definition) is 1. The third kappa shape index (κ3) is 4.14. The fourth-order valence-corrected chi connectivity index (χ4v) is 1.96. The zero-order valence-electron chi connectivity index (χ0n) is 9.47. The second-order valence-corrected chi connectivity index (χ2v) is 4.84. The number of rotatable bonds is 5. The van der Waals surface area contributed by atoms with Crippen molar-refractivity contribution in [3.63, 3.8) is 0 Å². The summed E-state index contributed by atoms with van der Waals surface area (Å²) >= 11 is 1.43. The molecule has 1 aromatic rings. The van der Waals surface area contributed by atoms with Gasteiger partial charge in [-0.15, -0.1) is 11.8 Å². The zero-order valence-corrected chi connectivity index (χ0v) is 10.3. The molecule has 0 heterocycles. The molecule has 0 radical (unpaired) electrons. The van der Waals surface area contributed by atoms with Crippen molar-refractivity contribution >= 4 is 17.7 Å². The number of carbonyl (C=O) groups is 1. The van der Waals surface area contributed by atoms with Crippen LogP contribution in [0, 0.1) is 0 Å². The van der Waals surface area contributed by atoms with E-state index < -0.39 is 0 Å². The van der Waals surface area contributed by atoms with Crippen LogP contribution in [0.1, 0.15) is 20.3 Å². The number of carbonyl (C=O) groups excluding carboxylic acids is 1. The first-order valence-electron chi connectivity index (χ1n) is 5.25. The fourth-order valence-electron chi connectivity index (χ4n) is 1.10. The molecule has 16 heavy (non-hydrogen) atoms. The van der Waals surface area contributed by atoms with Gasteiger partial charge in [-0.1, -0.05) is 6.92 Å². The molecule has 0 spiro atoms. The molecule has 1 N–H and O–H groups in total. The van der Waals surface area contributed by atoms with Crippen LogP contribution in [-0.4, -0.2) is 22.9 Å². The van der Waals surface area contributed by atoms with Crippen LogP contribution in [0.5, 0.6) is 5.75 Å². The summed E-state index contributed by atoms with van der Waals surface area (Å²) in [4.78, 5) is 12.4. The predicted molar refractivity (Wildman–Crippen MR) is 64.7 cm³/mol. The number of ether oxygens (including phenoxy) is 1. The standard InChI is InChI=1S/C12H16O3S/c1-3-8-15-12(14)9(2)16-11-6-4-10(13)5-7-11/h4-7,9,13H,3,8H2,1-2H3. The van der Waals surface area contributed by atoms with Gasteiger partial charge in [0.2, 0.25) is 0 Å². The Balaban J connectivity index is 2.47. The van der Waals surface area contributed by atoms with Gasteiger partial charge in [0, 0.05) is 4.90 Å². The average Bonchev–Trinajstić information content (AvgIpc) is 2.29. The Morgan fingerprint density at radius 2 is 2.06 bits per heavy atom. The van der Waals surface area contributed by atoms with E-state index in [1.807, 2.05) is 13.8 Å². The molecule has 0 aliphatic carbocycles. The predicted octanol–water partition coefficient (Wildman–Crippen LogP) is 2.83. The summed E-state index contributed by atoms with van der Waals surface area (Å²) in [5.74, 6) is 0.0329. The van der Waals surface area contributed by atoms with E-state index in [2.05, 4.69) is 0 Å². The summed E-state index contributed by atoms with van der Waals surface area (Å²) < 4.78 is 5.04. The highest BCUT2D eigenvalue weighted by molar-refractivity contribution is 8.00. The van der Waals surface area contributed by atoms with E-state index in [0.29, 0.717) is 6.61 Å². The lowest BCUT2D eigenvalue weighted by Crippen LogP contribution is -2.17. The van der Waals surface area contributed by atoms with Crippen LogP contribution in [0.2, 0.25) is 0 Å². The van der Waals surface area contributed by atoms with Gasteiger partial charge in [-0.2, -0.15) is 0 Å². The number of aromatic hydroxyl groups is 1. The van der Waals surface area contributed by atoms with Crippen LogP contribution in [-0.2, 0) is 9.53 Å². The lowest BCUT2D eigenvalue weighted by atomic mass is 10.3. The molecule has 0 saturated heterocycles. The van der Waals surface area contributed by atoms with E-state index in [-0.39, 0.29) is 17.0 Å². The van der Waals surface area contributed by atoms with Crippen molar-refractivity contribution < 1.29 is 14.6 Å². The number of benzene rings is 1. The van der Waals surface area contributed by atoms with Gasteiger partial charge < -0.3 is 9.84 Å².